The van der Waals surface area contributed by atoms with E-state index in [0.717, 1.165) is 0 Å². The van der Waals surface area contributed by atoms with Gasteiger partial charge < -0.3 is 4.74 Å². The topological polar surface area (TPSA) is 9.23 Å². The number of hydrogen-bond donors (Lipinski definition) is 0. The Kier molecular flexibility index (Phi) is 6.03. The first-order valence-electron chi connectivity index (χ1n) is 6.06. The Morgan fingerprint density at radius 2 is 1.26 bits per heavy atom. The highest BCUT2D eigenvalue weighted by molar-refractivity contribution is 5.08. The van der Waals surface area contributed by atoms with Crippen molar-refractivity contribution >= 4 is 0 Å². The fourth-order valence-electron chi connectivity index (χ4n) is 1.65. The number of ether oxygens (including phenoxy) is 1. The van der Waals surface area contributed by atoms with E-state index in [9.17, 15) is 48.3 Å². The molecule has 23 heavy (non-hydrogen) atoms. The number of hydrogen-bond acceptors (Lipinski definition) is 1. The minimum atomic E-state index is -6.54. The molecule has 140 valence electrons. The molecule has 4 atom stereocenters. The Labute approximate surface area is 123 Å². The Bertz CT molecular complexity index is 400. The summed E-state index contributed by atoms with van der Waals surface area (Å²) in [6.45, 7) is 0.469. The largest absolute Gasteiger partial charge is 0.434 e. The lowest BCUT2D eigenvalue weighted by atomic mass is 9.83. The lowest BCUT2D eigenvalue weighted by Gasteiger charge is -2.42. The second-order valence-corrected chi connectivity index (χ2v) is 4.99. The molecule has 0 radical (unpaired) electrons. The summed E-state index contributed by atoms with van der Waals surface area (Å²) in [6, 6.07) is 0. The van der Waals surface area contributed by atoms with Crippen LogP contribution in [0.5, 0.6) is 0 Å². The summed E-state index contributed by atoms with van der Waals surface area (Å²) in [7, 11) is 0. The average Bonchev–Trinajstić information content (AvgIpc) is 2.33. The Morgan fingerprint density at radius 1 is 0.870 bits per heavy atom. The number of rotatable bonds is 6. The molecule has 0 aromatic carbocycles. The Balaban J connectivity index is 5.82. The van der Waals surface area contributed by atoms with Crippen LogP contribution in [0.4, 0.5) is 48.3 Å². The van der Waals surface area contributed by atoms with Crippen LogP contribution in [0.25, 0.3) is 0 Å². The van der Waals surface area contributed by atoms with Crippen LogP contribution in [-0.2, 0) is 4.74 Å². The molecule has 0 amide bonds. The molecule has 0 rings (SSSR count). The van der Waals surface area contributed by atoms with E-state index in [1.165, 1.54) is 0 Å². The van der Waals surface area contributed by atoms with Gasteiger partial charge in [-0.15, -0.1) is 0 Å². The van der Waals surface area contributed by atoms with Crippen LogP contribution in [-0.4, -0.2) is 42.1 Å². The molecular weight excluding hydrogens is 357 g/mol. The summed E-state index contributed by atoms with van der Waals surface area (Å²) in [6.07, 6.45) is -27.1. The maximum atomic E-state index is 14.0. The van der Waals surface area contributed by atoms with Crippen LogP contribution >= 0.6 is 0 Å². The van der Waals surface area contributed by atoms with E-state index in [4.69, 9.17) is 0 Å². The highest BCUT2D eigenvalue weighted by Gasteiger charge is 2.81. The summed E-state index contributed by atoms with van der Waals surface area (Å²) < 4.78 is 145. The molecule has 4 unspecified atom stereocenters. The Morgan fingerprint density at radius 3 is 1.52 bits per heavy atom. The molecule has 12 heteroatoms. The second kappa shape index (κ2) is 6.25. The highest BCUT2D eigenvalue weighted by atomic mass is 19.4. The molecule has 0 saturated carbocycles. The fraction of sp³-hybridized carbons (Fsp3) is 1.00. The number of halogens is 11. The summed E-state index contributed by atoms with van der Waals surface area (Å²) >= 11 is 0. The zero-order chi connectivity index (χ0) is 19.1. The van der Waals surface area contributed by atoms with E-state index in [2.05, 4.69) is 4.74 Å². The van der Waals surface area contributed by atoms with Gasteiger partial charge in [0.15, 0.2) is 5.67 Å². The smallest absolute Gasteiger partial charge is 0.311 e. The molecule has 0 N–H and O–H groups in total. The van der Waals surface area contributed by atoms with Gasteiger partial charge in [-0.05, 0) is 20.3 Å². The number of alkyl halides is 11. The maximum absolute atomic E-state index is 14.0. The second-order valence-electron chi connectivity index (χ2n) is 4.99. The molecule has 0 bridgehead atoms. The predicted octanol–water partition coefficient (Wildman–Crippen LogP) is 5.29. The van der Waals surface area contributed by atoms with Gasteiger partial charge in [0.25, 0.3) is 0 Å². The predicted molar refractivity (Wildman–Crippen MR) is 56.1 cm³/mol. The van der Waals surface area contributed by atoms with E-state index < -0.39 is 48.5 Å². The van der Waals surface area contributed by atoms with Crippen molar-refractivity contribution in [3.63, 3.8) is 0 Å². The first kappa shape index (κ1) is 22.2. The summed E-state index contributed by atoms with van der Waals surface area (Å²) in [5, 5.41) is 0. The van der Waals surface area contributed by atoms with E-state index in [0.29, 0.717) is 6.92 Å². The third-order valence-electron chi connectivity index (χ3n) is 3.23. The molecule has 1 nitrogen and oxygen atoms in total. The van der Waals surface area contributed by atoms with E-state index >= 15 is 0 Å². The van der Waals surface area contributed by atoms with Gasteiger partial charge in [-0.2, -0.15) is 35.1 Å². The molecule has 0 aliphatic carbocycles. The van der Waals surface area contributed by atoms with Gasteiger partial charge in [0, 0.05) is 0 Å². The molecule has 0 saturated heterocycles. The van der Waals surface area contributed by atoms with Crippen LogP contribution in [0, 0.1) is 0 Å². The van der Waals surface area contributed by atoms with Crippen molar-refractivity contribution in [1.82, 2.24) is 0 Å². The summed E-state index contributed by atoms with van der Waals surface area (Å²) in [5.74, 6) is 0. The fourth-order valence-corrected chi connectivity index (χ4v) is 1.65. The van der Waals surface area contributed by atoms with Gasteiger partial charge in [0.1, 0.15) is 6.10 Å². The first-order valence-corrected chi connectivity index (χ1v) is 6.06. The van der Waals surface area contributed by atoms with Gasteiger partial charge >= 0.3 is 24.1 Å². The standard InChI is InChI=1S/C11H13F11O/c1-4-7(3,13)9(17,10(18,19)20)11(21,22)23-5(2)6(12)8(14,15)16/h5-6H,4H2,1-3H3. The van der Waals surface area contributed by atoms with Crippen molar-refractivity contribution in [2.45, 2.75) is 69.3 Å². The zero-order valence-corrected chi connectivity index (χ0v) is 11.9. The van der Waals surface area contributed by atoms with E-state index in [-0.39, 0.29) is 13.8 Å². The highest BCUT2D eigenvalue weighted by Crippen LogP contribution is 2.55. The maximum Gasteiger partial charge on any atom is 0.434 e. The molecule has 0 aromatic rings. The van der Waals surface area contributed by atoms with Crippen LogP contribution in [0.1, 0.15) is 27.2 Å². The van der Waals surface area contributed by atoms with Crippen molar-refractivity contribution in [1.29, 1.82) is 0 Å². The van der Waals surface area contributed by atoms with Crippen LogP contribution in [0.2, 0.25) is 0 Å². The lowest BCUT2D eigenvalue weighted by molar-refractivity contribution is -0.422. The molecule has 0 spiro atoms. The summed E-state index contributed by atoms with van der Waals surface area (Å²) in [4.78, 5) is 0. The van der Waals surface area contributed by atoms with Crippen molar-refractivity contribution < 1.29 is 53.0 Å². The first-order chi connectivity index (χ1) is 9.85. The van der Waals surface area contributed by atoms with E-state index in [1.807, 2.05) is 0 Å². The van der Waals surface area contributed by atoms with Gasteiger partial charge in [-0.3, -0.25) is 0 Å². The van der Waals surface area contributed by atoms with Crippen molar-refractivity contribution in [2.75, 3.05) is 0 Å². The van der Waals surface area contributed by atoms with Crippen LogP contribution < -0.4 is 0 Å². The minimum absolute atomic E-state index is 0.0182. The van der Waals surface area contributed by atoms with Crippen molar-refractivity contribution in [2.24, 2.45) is 0 Å². The molecule has 0 aliphatic heterocycles. The molecule has 0 aliphatic rings. The normalized spacial score (nSPS) is 22.2. The molecule has 0 aromatic heterocycles. The van der Waals surface area contributed by atoms with Crippen LogP contribution in [0.15, 0.2) is 0 Å². The minimum Gasteiger partial charge on any atom is -0.311 e. The van der Waals surface area contributed by atoms with Crippen molar-refractivity contribution in [3.05, 3.63) is 0 Å². The molecular formula is C11H13F11O. The molecule has 0 fully saturated rings. The Hall–Kier alpha value is -0.810. The van der Waals surface area contributed by atoms with Crippen LogP contribution in [0.3, 0.4) is 0 Å². The third-order valence-corrected chi connectivity index (χ3v) is 3.23. The van der Waals surface area contributed by atoms with Gasteiger partial charge in [-0.1, -0.05) is 6.92 Å². The average molecular weight is 370 g/mol. The van der Waals surface area contributed by atoms with E-state index in [1.54, 1.807) is 0 Å². The quantitative estimate of drug-likeness (QED) is 0.577. The van der Waals surface area contributed by atoms with Crippen molar-refractivity contribution in [3.8, 4) is 0 Å². The molecule has 0 heterocycles. The SMILES string of the molecule is CCC(C)(F)C(F)(C(F)(F)F)C(F)(F)OC(C)C(F)C(F)(F)F. The third kappa shape index (κ3) is 4.00. The van der Waals surface area contributed by atoms with Gasteiger partial charge in [0.2, 0.25) is 6.17 Å². The van der Waals surface area contributed by atoms with Gasteiger partial charge in [0.05, 0.1) is 0 Å². The summed E-state index contributed by atoms with van der Waals surface area (Å²) in [5.41, 5.74) is -10.2. The monoisotopic (exact) mass is 370 g/mol. The van der Waals surface area contributed by atoms with Gasteiger partial charge in [-0.25, -0.2) is 13.2 Å². The zero-order valence-electron chi connectivity index (χ0n) is 11.9. The lowest BCUT2D eigenvalue weighted by Crippen LogP contribution is -2.68.